The van der Waals surface area contributed by atoms with Crippen LogP contribution in [0.1, 0.15) is 0 Å². The monoisotopic (exact) mass is 156 g/mol. The molecule has 0 aliphatic carbocycles. The van der Waals surface area contributed by atoms with E-state index >= 15 is 0 Å². The number of thiocarbonyl (C=S) groups is 1. The van der Waals surface area contributed by atoms with Gasteiger partial charge in [0.25, 0.3) is 0 Å². The topological polar surface area (TPSA) is 42.4 Å². The van der Waals surface area contributed by atoms with Crippen LogP contribution in [-0.4, -0.2) is 12.2 Å². The van der Waals surface area contributed by atoms with Gasteiger partial charge in [0.15, 0.2) is 5.11 Å². The summed E-state index contributed by atoms with van der Waals surface area (Å²) < 4.78 is 5.01. The van der Waals surface area contributed by atoms with Crippen LogP contribution in [0.5, 0.6) is 0 Å². The van der Waals surface area contributed by atoms with Crippen LogP contribution in [0, 0.1) is 0 Å². The van der Waals surface area contributed by atoms with Crippen molar-refractivity contribution >= 4 is 23.2 Å². The molecule has 0 radical (unpaired) electrons. The first-order valence-electron chi connectivity index (χ1n) is 2.78. The lowest BCUT2D eigenvalue weighted by molar-refractivity contribution is 0.572. The van der Waals surface area contributed by atoms with Crippen molar-refractivity contribution in [2.45, 2.75) is 0 Å². The maximum atomic E-state index is 5.32. The van der Waals surface area contributed by atoms with Gasteiger partial charge < -0.3 is 10.2 Å². The molecule has 2 N–H and O–H groups in total. The Kier molecular flexibility index (Phi) is 1.91. The summed E-state index contributed by atoms with van der Waals surface area (Å²) in [6.07, 6.45) is 1.57. The van der Waals surface area contributed by atoms with E-state index in [9.17, 15) is 0 Å². The van der Waals surface area contributed by atoms with E-state index < -0.39 is 0 Å². The van der Waals surface area contributed by atoms with Crippen LogP contribution < -0.4 is 10.6 Å². The molecule has 1 aromatic rings. The molecule has 54 valence electrons. The van der Waals surface area contributed by atoms with Crippen molar-refractivity contribution in [2.75, 3.05) is 11.9 Å². The Morgan fingerprint density at radius 2 is 2.50 bits per heavy atom. The minimum Gasteiger partial charge on any atom is -0.448 e. The van der Waals surface area contributed by atoms with E-state index in [1.54, 1.807) is 30.3 Å². The molecule has 10 heavy (non-hydrogen) atoms. The van der Waals surface area contributed by atoms with Gasteiger partial charge in [0.2, 0.25) is 5.88 Å². The number of furan rings is 1. The van der Waals surface area contributed by atoms with Crippen molar-refractivity contribution in [3.63, 3.8) is 0 Å². The van der Waals surface area contributed by atoms with Crippen LogP contribution >= 0.6 is 12.2 Å². The molecule has 0 aromatic carbocycles. The third-order valence-corrected chi connectivity index (χ3v) is 1.44. The Balaban J connectivity index is 2.77. The second kappa shape index (κ2) is 2.70. The van der Waals surface area contributed by atoms with Gasteiger partial charge in [0.1, 0.15) is 0 Å². The highest BCUT2D eigenvalue weighted by molar-refractivity contribution is 7.80. The SMILES string of the molecule is CN(C(N)=S)c1ccco1. The molecule has 0 spiro atoms. The highest BCUT2D eigenvalue weighted by Crippen LogP contribution is 2.11. The number of hydrogen-bond acceptors (Lipinski definition) is 2. The van der Waals surface area contributed by atoms with Crippen LogP contribution in [0.25, 0.3) is 0 Å². The molecule has 0 saturated heterocycles. The quantitative estimate of drug-likeness (QED) is 0.615. The first-order valence-corrected chi connectivity index (χ1v) is 3.19. The maximum Gasteiger partial charge on any atom is 0.201 e. The predicted molar refractivity (Wildman–Crippen MR) is 43.9 cm³/mol. The van der Waals surface area contributed by atoms with E-state index in [0.717, 1.165) is 0 Å². The van der Waals surface area contributed by atoms with Crippen LogP contribution in [-0.2, 0) is 0 Å². The molecular formula is C6H8N2OS. The maximum absolute atomic E-state index is 5.32. The van der Waals surface area contributed by atoms with Gasteiger partial charge >= 0.3 is 0 Å². The van der Waals surface area contributed by atoms with Gasteiger partial charge in [-0.05, 0) is 18.3 Å². The number of anilines is 1. The first kappa shape index (κ1) is 7.08. The summed E-state index contributed by atoms with van der Waals surface area (Å²) in [5, 5.41) is 0.301. The van der Waals surface area contributed by atoms with E-state index in [1.165, 1.54) is 0 Å². The smallest absolute Gasteiger partial charge is 0.201 e. The Bertz CT molecular complexity index is 220. The largest absolute Gasteiger partial charge is 0.448 e. The lowest BCUT2D eigenvalue weighted by Gasteiger charge is -2.11. The lowest BCUT2D eigenvalue weighted by atomic mass is 10.6. The van der Waals surface area contributed by atoms with Gasteiger partial charge in [0.05, 0.1) is 6.26 Å². The Morgan fingerprint density at radius 1 is 1.80 bits per heavy atom. The van der Waals surface area contributed by atoms with E-state index in [2.05, 4.69) is 0 Å². The Labute approximate surface area is 64.4 Å². The number of nitrogens with zero attached hydrogens (tertiary/aromatic N) is 1. The average Bonchev–Trinajstić information content (AvgIpc) is 2.36. The number of rotatable bonds is 1. The highest BCUT2D eigenvalue weighted by atomic mass is 32.1. The van der Waals surface area contributed by atoms with Crippen LogP contribution in [0.15, 0.2) is 22.8 Å². The number of nitrogens with two attached hydrogens (primary N) is 1. The standard InChI is InChI=1S/C6H8N2OS/c1-8(6(7)10)5-3-2-4-9-5/h2-4H,1H3,(H2,7,10). The molecule has 0 saturated carbocycles. The minimum atomic E-state index is 0.301. The van der Waals surface area contributed by atoms with E-state index in [1.807, 2.05) is 0 Å². The third-order valence-electron chi connectivity index (χ3n) is 1.17. The van der Waals surface area contributed by atoms with Gasteiger partial charge in [-0.1, -0.05) is 0 Å². The molecule has 1 rings (SSSR count). The van der Waals surface area contributed by atoms with Crippen molar-refractivity contribution in [1.29, 1.82) is 0 Å². The zero-order valence-electron chi connectivity index (χ0n) is 5.57. The van der Waals surface area contributed by atoms with Crippen LogP contribution in [0.2, 0.25) is 0 Å². The van der Waals surface area contributed by atoms with Crippen molar-refractivity contribution in [1.82, 2.24) is 0 Å². The van der Waals surface area contributed by atoms with Gasteiger partial charge in [-0.25, -0.2) is 0 Å². The zero-order chi connectivity index (χ0) is 7.56. The first-order chi connectivity index (χ1) is 4.72. The molecule has 0 aliphatic heterocycles. The molecule has 0 fully saturated rings. The van der Waals surface area contributed by atoms with E-state index in [-0.39, 0.29) is 0 Å². The summed E-state index contributed by atoms with van der Waals surface area (Å²) in [6, 6.07) is 3.57. The second-order valence-electron chi connectivity index (χ2n) is 1.85. The highest BCUT2D eigenvalue weighted by Gasteiger charge is 2.03. The molecular weight excluding hydrogens is 148 g/mol. The number of hydrogen-bond donors (Lipinski definition) is 1. The summed E-state index contributed by atoms with van der Waals surface area (Å²) >= 11 is 4.71. The molecule has 3 nitrogen and oxygen atoms in total. The molecule has 0 amide bonds. The predicted octanol–water partition coefficient (Wildman–Crippen LogP) is 0.959. The molecule has 1 heterocycles. The average molecular weight is 156 g/mol. The van der Waals surface area contributed by atoms with Crippen molar-refractivity contribution in [3.8, 4) is 0 Å². The summed E-state index contributed by atoms with van der Waals surface area (Å²) in [5.41, 5.74) is 5.32. The lowest BCUT2D eigenvalue weighted by Crippen LogP contribution is -2.30. The normalized spacial score (nSPS) is 9.30. The fourth-order valence-corrected chi connectivity index (χ4v) is 0.659. The zero-order valence-corrected chi connectivity index (χ0v) is 6.39. The minimum absolute atomic E-state index is 0.301. The van der Waals surface area contributed by atoms with Crippen LogP contribution in [0.4, 0.5) is 5.88 Å². The Hall–Kier alpha value is -1.03. The van der Waals surface area contributed by atoms with Gasteiger partial charge in [0, 0.05) is 13.1 Å². The molecule has 0 bridgehead atoms. The third kappa shape index (κ3) is 1.27. The summed E-state index contributed by atoms with van der Waals surface area (Å²) in [7, 11) is 1.75. The summed E-state index contributed by atoms with van der Waals surface area (Å²) in [4.78, 5) is 1.59. The van der Waals surface area contributed by atoms with Gasteiger partial charge in [-0.2, -0.15) is 0 Å². The van der Waals surface area contributed by atoms with Crippen LogP contribution in [0.3, 0.4) is 0 Å². The molecule has 0 unspecified atom stereocenters. The van der Waals surface area contributed by atoms with Crippen molar-refractivity contribution in [2.24, 2.45) is 5.73 Å². The molecule has 0 atom stereocenters. The second-order valence-corrected chi connectivity index (χ2v) is 2.27. The molecule has 4 heteroatoms. The van der Waals surface area contributed by atoms with E-state index in [0.29, 0.717) is 11.0 Å². The fourth-order valence-electron chi connectivity index (χ4n) is 0.569. The molecule has 0 aliphatic rings. The van der Waals surface area contributed by atoms with Crippen molar-refractivity contribution < 1.29 is 4.42 Å². The van der Waals surface area contributed by atoms with E-state index in [4.69, 9.17) is 22.4 Å². The molecule has 1 aromatic heterocycles. The summed E-state index contributed by atoms with van der Waals surface area (Å²) in [6.45, 7) is 0. The fraction of sp³-hybridized carbons (Fsp3) is 0.167. The summed E-state index contributed by atoms with van der Waals surface area (Å²) in [5.74, 6) is 0.660. The van der Waals surface area contributed by atoms with Gasteiger partial charge in [-0.3, -0.25) is 4.90 Å². The van der Waals surface area contributed by atoms with Crippen molar-refractivity contribution in [3.05, 3.63) is 18.4 Å². The van der Waals surface area contributed by atoms with Gasteiger partial charge in [-0.15, -0.1) is 0 Å². The Morgan fingerprint density at radius 3 is 2.90 bits per heavy atom.